The van der Waals surface area contributed by atoms with Gasteiger partial charge in [-0.25, -0.2) is 0 Å². The Bertz CT molecular complexity index is 645. The van der Waals surface area contributed by atoms with Crippen LogP contribution in [-0.4, -0.2) is 64.4 Å². The van der Waals surface area contributed by atoms with Gasteiger partial charge in [-0.05, 0) is 25.0 Å². The third kappa shape index (κ3) is 14.3. The van der Waals surface area contributed by atoms with Crippen LogP contribution < -0.4 is 5.32 Å². The van der Waals surface area contributed by atoms with Crippen LogP contribution in [-0.2, 0) is 14.4 Å². The van der Waals surface area contributed by atoms with Crippen LogP contribution in [0.4, 0.5) is 0 Å². The Morgan fingerprint density at radius 1 is 1.09 bits per heavy atom. The molecular formula is C25H44N2O5S. The number of carbonyl (C=O) groups is 3. The Hall–Kier alpha value is -1.60. The van der Waals surface area contributed by atoms with Gasteiger partial charge in [0.05, 0.1) is 13.0 Å². The van der Waals surface area contributed by atoms with Gasteiger partial charge in [-0.2, -0.15) is 12.6 Å². The van der Waals surface area contributed by atoms with E-state index in [0.29, 0.717) is 12.3 Å². The zero-order valence-electron chi connectivity index (χ0n) is 20.6. The molecule has 3 amide bonds. The maximum absolute atomic E-state index is 12.8. The summed E-state index contributed by atoms with van der Waals surface area (Å²) >= 11 is 4.03. The fourth-order valence-corrected chi connectivity index (χ4v) is 3.16. The molecule has 0 fully saturated rings. The molecule has 1 atom stereocenters. The minimum absolute atomic E-state index is 0.0657. The first-order chi connectivity index (χ1) is 15.7. The van der Waals surface area contributed by atoms with E-state index < -0.39 is 29.9 Å². The number of nitrogens with one attached hydrogen (secondary N) is 1. The molecule has 3 N–H and O–H groups in total. The molecule has 7 nitrogen and oxygen atoms in total. The summed E-state index contributed by atoms with van der Waals surface area (Å²) < 4.78 is 0. The summed E-state index contributed by atoms with van der Waals surface area (Å²) in [6, 6.07) is 0. The van der Waals surface area contributed by atoms with Gasteiger partial charge < -0.3 is 15.5 Å². The van der Waals surface area contributed by atoms with Crippen molar-refractivity contribution < 1.29 is 24.6 Å². The van der Waals surface area contributed by atoms with Crippen LogP contribution in [0.5, 0.6) is 0 Å². The molecular weight excluding hydrogens is 440 g/mol. The summed E-state index contributed by atoms with van der Waals surface area (Å²) in [5.41, 5.74) is 1.87. The second-order valence-electron chi connectivity index (χ2n) is 8.95. The number of hydrogen-bond acceptors (Lipinski definition) is 6. The molecule has 0 saturated carbocycles. The maximum Gasteiger partial charge on any atom is 0.258 e. The van der Waals surface area contributed by atoms with Crippen molar-refractivity contribution in [2.45, 2.75) is 91.1 Å². The molecule has 8 heteroatoms. The van der Waals surface area contributed by atoms with Gasteiger partial charge in [0.1, 0.15) is 6.10 Å². The number of carbonyl (C=O) groups excluding carboxylic acids is 3. The lowest BCUT2D eigenvalue weighted by Crippen LogP contribution is -2.50. The van der Waals surface area contributed by atoms with Crippen molar-refractivity contribution >= 4 is 30.4 Å². The molecule has 0 saturated heterocycles. The molecule has 0 aromatic rings. The highest BCUT2D eigenvalue weighted by molar-refractivity contribution is 7.80. The largest absolute Gasteiger partial charge is 0.396 e. The number of aliphatic hydroxyl groups excluding tert-OH is 2. The highest BCUT2D eigenvalue weighted by atomic mass is 32.1. The number of imide groups is 1. The number of nitrogens with zero attached hydrogens (tertiary/aromatic N) is 1. The molecule has 0 rings (SSSR count). The molecule has 0 aliphatic rings. The zero-order chi connectivity index (χ0) is 25.1. The molecule has 0 aromatic heterocycles. The third-order valence-electron chi connectivity index (χ3n) is 5.41. The van der Waals surface area contributed by atoms with E-state index in [-0.39, 0.29) is 25.3 Å². The predicted molar refractivity (Wildman–Crippen MR) is 135 cm³/mol. The van der Waals surface area contributed by atoms with Crippen molar-refractivity contribution in [2.24, 2.45) is 5.41 Å². The first kappa shape index (κ1) is 31.4. The first-order valence-electron chi connectivity index (χ1n) is 12.1. The number of amides is 3. The predicted octanol–water partition coefficient (Wildman–Crippen LogP) is 3.40. The molecule has 0 aliphatic heterocycles. The summed E-state index contributed by atoms with van der Waals surface area (Å²) in [6.45, 7) is 5.08. The first-order valence-corrected chi connectivity index (χ1v) is 12.7. The quantitative estimate of drug-likeness (QED) is 0.136. The molecule has 0 aliphatic carbocycles. The SMILES string of the molecule is CCCCCCCCCC=C=CCC(=O)N(CCC(=O)NCCS)C(=O)[C@@H](O)C(C)(C)CO. The van der Waals surface area contributed by atoms with Crippen molar-refractivity contribution in [1.29, 1.82) is 0 Å². The van der Waals surface area contributed by atoms with Gasteiger partial charge in [-0.15, -0.1) is 5.73 Å². The van der Waals surface area contributed by atoms with Crippen molar-refractivity contribution in [3.8, 4) is 0 Å². The number of hydrogen-bond donors (Lipinski definition) is 4. The van der Waals surface area contributed by atoms with Crippen LogP contribution >= 0.6 is 12.6 Å². The Labute approximate surface area is 205 Å². The summed E-state index contributed by atoms with van der Waals surface area (Å²) in [5.74, 6) is -1.17. The van der Waals surface area contributed by atoms with Crippen LogP contribution in [0, 0.1) is 5.41 Å². The molecule has 0 bridgehead atoms. The van der Waals surface area contributed by atoms with E-state index in [1.165, 1.54) is 52.4 Å². The molecule has 0 unspecified atom stereocenters. The van der Waals surface area contributed by atoms with Crippen LogP contribution in [0.2, 0.25) is 0 Å². The molecule has 0 radical (unpaired) electrons. The van der Waals surface area contributed by atoms with E-state index in [1.54, 1.807) is 6.08 Å². The zero-order valence-corrected chi connectivity index (χ0v) is 21.5. The molecule has 190 valence electrons. The van der Waals surface area contributed by atoms with Crippen LogP contribution in [0.15, 0.2) is 17.9 Å². The lowest BCUT2D eigenvalue weighted by molar-refractivity contribution is -0.156. The lowest BCUT2D eigenvalue weighted by Gasteiger charge is -2.31. The summed E-state index contributed by atoms with van der Waals surface area (Å²) in [6.07, 6.45) is 11.2. The van der Waals surface area contributed by atoms with Crippen LogP contribution in [0.3, 0.4) is 0 Å². The van der Waals surface area contributed by atoms with E-state index in [4.69, 9.17) is 0 Å². The Morgan fingerprint density at radius 2 is 1.73 bits per heavy atom. The fraction of sp³-hybridized carbons (Fsp3) is 0.760. The average molecular weight is 485 g/mol. The summed E-state index contributed by atoms with van der Waals surface area (Å²) in [4.78, 5) is 38.3. The highest BCUT2D eigenvalue weighted by Crippen LogP contribution is 2.22. The van der Waals surface area contributed by atoms with Crippen LogP contribution in [0.1, 0.15) is 85.0 Å². The second-order valence-corrected chi connectivity index (χ2v) is 9.39. The minimum Gasteiger partial charge on any atom is -0.396 e. The number of thiol groups is 1. The van der Waals surface area contributed by atoms with Gasteiger partial charge in [0.25, 0.3) is 5.91 Å². The smallest absolute Gasteiger partial charge is 0.258 e. The van der Waals surface area contributed by atoms with Gasteiger partial charge in [-0.1, -0.05) is 59.3 Å². The molecule has 33 heavy (non-hydrogen) atoms. The number of unbranched alkanes of at least 4 members (excludes halogenated alkanes) is 7. The van der Waals surface area contributed by atoms with E-state index in [2.05, 4.69) is 30.6 Å². The minimum atomic E-state index is -1.57. The third-order valence-corrected chi connectivity index (χ3v) is 5.63. The van der Waals surface area contributed by atoms with E-state index >= 15 is 0 Å². The normalized spacial score (nSPS) is 11.9. The van der Waals surface area contributed by atoms with Crippen LogP contribution in [0.25, 0.3) is 0 Å². The van der Waals surface area contributed by atoms with Gasteiger partial charge in [0, 0.05) is 30.7 Å². The standard InChI is InChI=1S/C25H44N2O5S/c1-4-5-6-7-8-9-10-11-12-13-14-15-22(30)27(18-16-21(29)26-17-19-33)24(32)23(31)25(2,3)20-28/h12,14,23,28,31,33H,4-11,15-20H2,1-3H3,(H,26,29)/t13?,23-/m1/s1. The molecule has 0 heterocycles. The second kappa shape index (κ2) is 18.8. The van der Waals surface area contributed by atoms with Crippen molar-refractivity contribution in [3.05, 3.63) is 17.9 Å². The monoisotopic (exact) mass is 484 g/mol. The summed E-state index contributed by atoms with van der Waals surface area (Å²) in [7, 11) is 0. The van der Waals surface area contributed by atoms with Crippen molar-refractivity contribution in [3.63, 3.8) is 0 Å². The van der Waals surface area contributed by atoms with Crippen molar-refractivity contribution in [2.75, 3.05) is 25.4 Å². The van der Waals surface area contributed by atoms with Gasteiger partial charge in [0.2, 0.25) is 11.8 Å². The van der Waals surface area contributed by atoms with Gasteiger partial charge >= 0.3 is 0 Å². The van der Waals surface area contributed by atoms with E-state index in [0.717, 1.165) is 17.7 Å². The lowest BCUT2D eigenvalue weighted by atomic mass is 9.86. The summed E-state index contributed by atoms with van der Waals surface area (Å²) in [5, 5.41) is 22.5. The van der Waals surface area contributed by atoms with Gasteiger partial charge in [0.15, 0.2) is 0 Å². The maximum atomic E-state index is 12.8. The van der Waals surface area contributed by atoms with E-state index in [1.807, 2.05) is 6.08 Å². The highest BCUT2D eigenvalue weighted by Gasteiger charge is 2.37. The topological polar surface area (TPSA) is 107 Å². The van der Waals surface area contributed by atoms with Gasteiger partial charge in [-0.3, -0.25) is 19.3 Å². The Kier molecular flexibility index (Phi) is 17.9. The van der Waals surface area contributed by atoms with Crippen molar-refractivity contribution in [1.82, 2.24) is 10.2 Å². The Morgan fingerprint density at radius 3 is 2.33 bits per heavy atom. The molecule has 0 aromatic carbocycles. The molecule has 0 spiro atoms. The number of aliphatic hydroxyl groups is 2. The van der Waals surface area contributed by atoms with E-state index in [9.17, 15) is 24.6 Å². The number of rotatable bonds is 18. The average Bonchev–Trinajstić information content (AvgIpc) is 2.80. The Balaban J connectivity index is 4.82. The fourth-order valence-electron chi connectivity index (χ4n) is 3.05.